The van der Waals surface area contributed by atoms with Gasteiger partial charge in [0.25, 0.3) is 0 Å². The zero-order valence-corrected chi connectivity index (χ0v) is 12.5. The fraction of sp³-hybridized carbons (Fsp3) is 0.200. The van der Waals surface area contributed by atoms with E-state index in [0.29, 0.717) is 0 Å². The Morgan fingerprint density at radius 2 is 1.94 bits per heavy atom. The maximum atomic E-state index is 6.29. The van der Waals surface area contributed by atoms with Crippen LogP contribution in [0.2, 0.25) is 5.02 Å². The standard InChI is InChI=1S/C15H15BrClN/c1-10-6-7-12(17)9-13(10)15(18)8-11-4-2-3-5-14(11)16/h2-7,9,15H,8,18H2,1H3. The van der Waals surface area contributed by atoms with Crippen LogP contribution in [0.25, 0.3) is 0 Å². The molecule has 18 heavy (non-hydrogen) atoms. The molecule has 0 fully saturated rings. The van der Waals surface area contributed by atoms with Crippen molar-refractivity contribution in [3.05, 3.63) is 68.7 Å². The van der Waals surface area contributed by atoms with E-state index in [4.69, 9.17) is 17.3 Å². The Kier molecular flexibility index (Phi) is 4.44. The molecule has 1 atom stereocenters. The number of hydrogen-bond acceptors (Lipinski definition) is 1. The Hall–Kier alpha value is -0.830. The quantitative estimate of drug-likeness (QED) is 0.873. The number of benzene rings is 2. The van der Waals surface area contributed by atoms with E-state index in [9.17, 15) is 0 Å². The lowest BCUT2D eigenvalue weighted by molar-refractivity contribution is 0.715. The van der Waals surface area contributed by atoms with Crippen LogP contribution in [0.3, 0.4) is 0 Å². The summed E-state index contributed by atoms with van der Waals surface area (Å²) in [6, 6.07) is 14.0. The molecule has 0 radical (unpaired) electrons. The van der Waals surface area contributed by atoms with Crippen molar-refractivity contribution in [1.29, 1.82) is 0 Å². The highest BCUT2D eigenvalue weighted by Gasteiger charge is 2.11. The molecule has 2 rings (SSSR count). The summed E-state index contributed by atoms with van der Waals surface area (Å²) in [5, 5.41) is 0.734. The molecule has 2 aromatic carbocycles. The first kappa shape index (κ1) is 13.6. The molecular formula is C15H15BrClN. The molecule has 0 aliphatic carbocycles. The molecule has 0 amide bonds. The van der Waals surface area contributed by atoms with Gasteiger partial charge in [-0.1, -0.05) is 51.8 Å². The van der Waals surface area contributed by atoms with E-state index in [1.54, 1.807) is 0 Å². The SMILES string of the molecule is Cc1ccc(Cl)cc1C(N)Cc1ccccc1Br. The molecule has 2 N–H and O–H groups in total. The van der Waals surface area contributed by atoms with Crippen molar-refractivity contribution in [2.24, 2.45) is 5.73 Å². The zero-order valence-electron chi connectivity index (χ0n) is 10.2. The van der Waals surface area contributed by atoms with Crippen molar-refractivity contribution in [3.8, 4) is 0 Å². The predicted octanol–water partition coefficient (Wildman–Crippen LogP) is 4.65. The number of rotatable bonds is 3. The van der Waals surface area contributed by atoms with Crippen molar-refractivity contribution in [1.82, 2.24) is 0 Å². The molecule has 0 spiro atoms. The number of nitrogens with two attached hydrogens (primary N) is 1. The second-order valence-electron chi connectivity index (χ2n) is 4.40. The summed E-state index contributed by atoms with van der Waals surface area (Å²) in [4.78, 5) is 0. The van der Waals surface area contributed by atoms with Gasteiger partial charge < -0.3 is 5.73 Å². The first-order valence-electron chi connectivity index (χ1n) is 5.83. The van der Waals surface area contributed by atoms with Gasteiger partial charge in [-0.05, 0) is 48.2 Å². The zero-order chi connectivity index (χ0) is 13.1. The topological polar surface area (TPSA) is 26.0 Å². The normalized spacial score (nSPS) is 12.4. The third-order valence-corrected chi connectivity index (χ3v) is 4.05. The van der Waals surface area contributed by atoms with Gasteiger partial charge in [-0.15, -0.1) is 0 Å². The van der Waals surface area contributed by atoms with Crippen LogP contribution in [0.1, 0.15) is 22.7 Å². The van der Waals surface area contributed by atoms with Gasteiger partial charge in [-0.25, -0.2) is 0 Å². The second kappa shape index (κ2) is 5.87. The van der Waals surface area contributed by atoms with E-state index in [1.807, 2.05) is 36.4 Å². The minimum absolute atomic E-state index is 0.0394. The van der Waals surface area contributed by atoms with E-state index >= 15 is 0 Å². The molecule has 0 saturated heterocycles. The molecule has 0 heterocycles. The minimum atomic E-state index is -0.0394. The molecule has 0 bridgehead atoms. The van der Waals surface area contributed by atoms with Crippen LogP contribution in [0.4, 0.5) is 0 Å². The van der Waals surface area contributed by atoms with Gasteiger partial charge in [0, 0.05) is 15.5 Å². The fourth-order valence-corrected chi connectivity index (χ4v) is 2.65. The predicted molar refractivity (Wildman–Crippen MR) is 81.0 cm³/mol. The summed E-state index contributed by atoms with van der Waals surface area (Å²) in [5.74, 6) is 0. The van der Waals surface area contributed by atoms with Gasteiger partial charge in [0.2, 0.25) is 0 Å². The highest BCUT2D eigenvalue weighted by Crippen LogP contribution is 2.26. The third kappa shape index (κ3) is 3.14. The van der Waals surface area contributed by atoms with Crippen molar-refractivity contribution in [3.63, 3.8) is 0 Å². The highest BCUT2D eigenvalue weighted by molar-refractivity contribution is 9.10. The fourth-order valence-electron chi connectivity index (χ4n) is 2.02. The molecule has 94 valence electrons. The van der Waals surface area contributed by atoms with Crippen molar-refractivity contribution < 1.29 is 0 Å². The Morgan fingerprint density at radius 3 is 2.67 bits per heavy atom. The van der Waals surface area contributed by atoms with E-state index in [2.05, 4.69) is 28.9 Å². The van der Waals surface area contributed by atoms with E-state index in [-0.39, 0.29) is 6.04 Å². The summed E-state index contributed by atoms with van der Waals surface area (Å²) in [6.45, 7) is 2.06. The summed E-state index contributed by atoms with van der Waals surface area (Å²) in [7, 11) is 0. The van der Waals surface area contributed by atoms with Crippen LogP contribution < -0.4 is 5.73 Å². The van der Waals surface area contributed by atoms with Crippen molar-refractivity contribution >= 4 is 27.5 Å². The molecule has 0 aliphatic rings. The lowest BCUT2D eigenvalue weighted by Crippen LogP contribution is -2.15. The van der Waals surface area contributed by atoms with Gasteiger partial charge in [-0.2, -0.15) is 0 Å². The van der Waals surface area contributed by atoms with Gasteiger partial charge >= 0.3 is 0 Å². The lowest BCUT2D eigenvalue weighted by Gasteiger charge is -2.16. The van der Waals surface area contributed by atoms with Crippen LogP contribution in [0.5, 0.6) is 0 Å². The Morgan fingerprint density at radius 1 is 1.22 bits per heavy atom. The van der Waals surface area contributed by atoms with E-state index in [1.165, 1.54) is 11.1 Å². The monoisotopic (exact) mass is 323 g/mol. The van der Waals surface area contributed by atoms with E-state index in [0.717, 1.165) is 21.5 Å². The first-order chi connectivity index (χ1) is 8.58. The lowest BCUT2D eigenvalue weighted by atomic mass is 9.96. The van der Waals surface area contributed by atoms with Gasteiger partial charge in [0.05, 0.1) is 0 Å². The van der Waals surface area contributed by atoms with Crippen molar-refractivity contribution in [2.75, 3.05) is 0 Å². The van der Waals surface area contributed by atoms with Crippen LogP contribution in [-0.2, 0) is 6.42 Å². The minimum Gasteiger partial charge on any atom is -0.324 e. The summed E-state index contributed by atoms with van der Waals surface area (Å²) in [5.41, 5.74) is 9.79. The number of hydrogen-bond donors (Lipinski definition) is 1. The average Bonchev–Trinajstić information content (AvgIpc) is 2.35. The summed E-state index contributed by atoms with van der Waals surface area (Å²) >= 11 is 9.58. The molecular weight excluding hydrogens is 310 g/mol. The maximum absolute atomic E-state index is 6.29. The van der Waals surface area contributed by atoms with Gasteiger partial charge in [0.1, 0.15) is 0 Å². The summed E-state index contributed by atoms with van der Waals surface area (Å²) < 4.78 is 1.10. The second-order valence-corrected chi connectivity index (χ2v) is 5.69. The maximum Gasteiger partial charge on any atom is 0.0409 e. The van der Waals surface area contributed by atoms with Crippen LogP contribution in [0, 0.1) is 6.92 Å². The molecule has 3 heteroatoms. The van der Waals surface area contributed by atoms with Crippen LogP contribution >= 0.6 is 27.5 Å². The van der Waals surface area contributed by atoms with E-state index < -0.39 is 0 Å². The third-order valence-electron chi connectivity index (χ3n) is 3.04. The van der Waals surface area contributed by atoms with Gasteiger partial charge in [-0.3, -0.25) is 0 Å². The van der Waals surface area contributed by atoms with Crippen LogP contribution in [0.15, 0.2) is 46.9 Å². The van der Waals surface area contributed by atoms with Crippen LogP contribution in [-0.4, -0.2) is 0 Å². The molecule has 2 aromatic rings. The molecule has 0 aromatic heterocycles. The molecule has 0 aliphatic heterocycles. The summed E-state index contributed by atoms with van der Waals surface area (Å²) in [6.07, 6.45) is 0.794. The molecule has 1 nitrogen and oxygen atoms in total. The highest BCUT2D eigenvalue weighted by atomic mass is 79.9. The van der Waals surface area contributed by atoms with Crippen molar-refractivity contribution in [2.45, 2.75) is 19.4 Å². The van der Waals surface area contributed by atoms with Gasteiger partial charge in [0.15, 0.2) is 0 Å². The Labute approximate surface area is 121 Å². The smallest absolute Gasteiger partial charge is 0.0409 e. The average molecular weight is 325 g/mol. The Bertz CT molecular complexity index is 554. The molecule has 0 saturated carbocycles. The number of aryl methyl sites for hydroxylation is 1. The first-order valence-corrected chi connectivity index (χ1v) is 7.00. The Balaban J connectivity index is 2.25. The number of halogens is 2. The largest absolute Gasteiger partial charge is 0.324 e. The molecule has 1 unspecified atom stereocenters.